The Labute approximate surface area is 104 Å². The lowest BCUT2D eigenvalue weighted by atomic mass is 10.4. The van der Waals surface area contributed by atoms with Gasteiger partial charge in [0.1, 0.15) is 0 Å². The molecule has 0 aliphatic rings. The van der Waals surface area contributed by atoms with E-state index in [9.17, 15) is 13.2 Å². The number of nitrogens with two attached hydrogens (primary N) is 1. The van der Waals surface area contributed by atoms with Crippen LogP contribution in [0.2, 0.25) is 0 Å². The molecule has 6 nitrogen and oxygen atoms in total. The number of hydrogen-bond donors (Lipinski definition) is 2. The monoisotopic (exact) mass is 278 g/mol. The van der Waals surface area contributed by atoms with Crippen LogP contribution in [0.15, 0.2) is 11.0 Å². The van der Waals surface area contributed by atoms with Gasteiger partial charge in [0.05, 0.1) is 16.4 Å². The summed E-state index contributed by atoms with van der Waals surface area (Å²) in [5.74, 6) is -0.329. The number of sulfonamides is 1. The highest BCUT2D eigenvalue weighted by Crippen LogP contribution is 2.24. The first-order valence-corrected chi connectivity index (χ1v) is 7.13. The fourth-order valence-corrected chi connectivity index (χ4v) is 3.28. The Kier molecular flexibility index (Phi) is 4.63. The van der Waals surface area contributed by atoms with Gasteiger partial charge in [-0.05, 0) is 13.0 Å². The lowest BCUT2D eigenvalue weighted by Gasteiger charge is -2.01. The fourth-order valence-electron chi connectivity index (χ4n) is 1.21. The molecule has 8 heteroatoms. The Hall–Kier alpha value is -0.960. The molecular weight excluding hydrogens is 264 g/mol. The van der Waals surface area contributed by atoms with Crippen molar-refractivity contribution in [3.05, 3.63) is 15.8 Å². The zero-order valence-corrected chi connectivity index (χ0v) is 11.2. The molecule has 1 aromatic rings. The maximum Gasteiger partial charge on any atom is 0.261 e. The second-order valence-electron chi connectivity index (χ2n) is 3.32. The van der Waals surface area contributed by atoms with Gasteiger partial charge in [-0.1, -0.05) is 0 Å². The van der Waals surface area contributed by atoms with Gasteiger partial charge in [0, 0.05) is 18.5 Å². The highest BCUT2D eigenvalue weighted by atomic mass is 32.2. The minimum atomic E-state index is -3.77. The number of carbonyl (C=O) groups is 1. The van der Waals surface area contributed by atoms with E-state index in [2.05, 4.69) is 5.32 Å². The molecule has 0 aliphatic heterocycles. The van der Waals surface area contributed by atoms with Crippen LogP contribution in [0, 0.1) is 6.92 Å². The molecule has 0 saturated carbocycles. The predicted molar refractivity (Wildman–Crippen MR) is 64.6 cm³/mol. The van der Waals surface area contributed by atoms with E-state index >= 15 is 0 Å². The summed E-state index contributed by atoms with van der Waals surface area (Å²) < 4.78 is 27.1. The van der Waals surface area contributed by atoms with E-state index in [1.165, 1.54) is 13.2 Å². The first-order chi connectivity index (χ1) is 7.86. The van der Waals surface area contributed by atoms with E-state index in [1.54, 1.807) is 6.92 Å². The number of aryl methyl sites for hydroxylation is 1. The number of thiophene rings is 1. The van der Waals surface area contributed by atoms with Crippen molar-refractivity contribution in [3.8, 4) is 0 Å². The van der Waals surface area contributed by atoms with Crippen molar-refractivity contribution < 1.29 is 17.9 Å². The van der Waals surface area contributed by atoms with Crippen LogP contribution >= 0.6 is 11.3 Å². The highest BCUT2D eigenvalue weighted by molar-refractivity contribution is 7.89. The average Bonchev–Trinajstić information content (AvgIpc) is 2.60. The number of primary sulfonamides is 1. The van der Waals surface area contributed by atoms with Crippen LogP contribution in [0.4, 0.5) is 0 Å². The summed E-state index contributed by atoms with van der Waals surface area (Å²) in [7, 11) is -2.24. The van der Waals surface area contributed by atoms with Crippen molar-refractivity contribution in [2.45, 2.75) is 11.8 Å². The fraction of sp³-hybridized carbons (Fsp3) is 0.444. The zero-order valence-electron chi connectivity index (χ0n) is 9.52. The highest BCUT2D eigenvalue weighted by Gasteiger charge is 2.18. The molecule has 3 N–H and O–H groups in total. The van der Waals surface area contributed by atoms with E-state index < -0.39 is 10.0 Å². The van der Waals surface area contributed by atoms with E-state index in [0.717, 1.165) is 11.3 Å². The molecule has 0 bridgehead atoms. The van der Waals surface area contributed by atoms with Crippen molar-refractivity contribution >= 4 is 27.3 Å². The molecule has 0 aromatic carbocycles. The summed E-state index contributed by atoms with van der Waals surface area (Å²) in [4.78, 5) is 12.4. The summed E-state index contributed by atoms with van der Waals surface area (Å²) >= 11 is 1.10. The standard InChI is InChI=1S/C9H14N2O4S2/c1-6-8(17(10,13)14)5-7(16-6)9(12)11-3-4-15-2/h5H,3-4H2,1-2H3,(H,11,12)(H2,10,13,14). The lowest BCUT2D eigenvalue weighted by Crippen LogP contribution is -2.26. The lowest BCUT2D eigenvalue weighted by molar-refractivity contribution is 0.0941. The Bertz CT molecular complexity index is 507. The molecule has 0 unspecified atom stereocenters. The number of methoxy groups -OCH3 is 1. The third-order valence-corrected chi connectivity index (χ3v) is 4.21. The molecule has 1 rings (SSSR count). The van der Waals surface area contributed by atoms with Gasteiger partial charge in [-0.25, -0.2) is 13.6 Å². The topological polar surface area (TPSA) is 98.5 Å². The van der Waals surface area contributed by atoms with E-state index in [4.69, 9.17) is 9.88 Å². The number of amides is 1. The number of ether oxygens (including phenoxy) is 1. The van der Waals surface area contributed by atoms with Gasteiger partial charge in [0.2, 0.25) is 10.0 Å². The van der Waals surface area contributed by atoms with Crippen LogP contribution in [0.1, 0.15) is 14.5 Å². The summed E-state index contributed by atoms with van der Waals surface area (Å²) in [5, 5.41) is 7.62. The molecule has 0 fully saturated rings. The number of rotatable bonds is 5. The average molecular weight is 278 g/mol. The molecule has 96 valence electrons. The predicted octanol–water partition coefficient (Wildman–Crippen LogP) is 0.0801. The smallest absolute Gasteiger partial charge is 0.261 e. The molecule has 0 atom stereocenters. The number of nitrogens with one attached hydrogen (secondary N) is 1. The Balaban J connectivity index is 2.83. The van der Waals surface area contributed by atoms with Gasteiger partial charge in [-0.2, -0.15) is 0 Å². The van der Waals surface area contributed by atoms with E-state index in [-0.39, 0.29) is 10.8 Å². The number of carbonyl (C=O) groups excluding carboxylic acids is 1. The Morgan fingerprint density at radius 1 is 1.59 bits per heavy atom. The third kappa shape index (κ3) is 3.77. The molecule has 0 aliphatic carbocycles. The van der Waals surface area contributed by atoms with Gasteiger partial charge in [0.25, 0.3) is 5.91 Å². The minimum Gasteiger partial charge on any atom is -0.383 e. The second kappa shape index (κ2) is 5.58. The Morgan fingerprint density at radius 2 is 2.24 bits per heavy atom. The van der Waals surface area contributed by atoms with Crippen LogP contribution in [-0.2, 0) is 14.8 Å². The zero-order chi connectivity index (χ0) is 13.1. The SMILES string of the molecule is COCCNC(=O)c1cc(S(N)(=O)=O)c(C)s1. The molecule has 0 saturated heterocycles. The van der Waals surface area contributed by atoms with Gasteiger partial charge >= 0.3 is 0 Å². The normalized spacial score (nSPS) is 11.5. The number of hydrogen-bond acceptors (Lipinski definition) is 5. The van der Waals surface area contributed by atoms with Crippen molar-refractivity contribution in [2.24, 2.45) is 5.14 Å². The summed E-state index contributed by atoms with van der Waals surface area (Å²) in [6.07, 6.45) is 0. The minimum absolute atomic E-state index is 0.000563. The van der Waals surface area contributed by atoms with Crippen molar-refractivity contribution in [1.29, 1.82) is 0 Å². The molecule has 1 amide bonds. The summed E-state index contributed by atoms with van der Waals surface area (Å²) in [6, 6.07) is 1.29. The molecule has 0 spiro atoms. The van der Waals surface area contributed by atoms with Gasteiger partial charge in [0.15, 0.2) is 0 Å². The van der Waals surface area contributed by atoms with Gasteiger partial charge in [-0.15, -0.1) is 11.3 Å². The van der Waals surface area contributed by atoms with E-state index in [0.29, 0.717) is 22.9 Å². The Morgan fingerprint density at radius 3 is 2.71 bits per heavy atom. The quantitative estimate of drug-likeness (QED) is 0.745. The molecular formula is C9H14N2O4S2. The second-order valence-corrected chi connectivity index (χ2v) is 6.11. The van der Waals surface area contributed by atoms with Crippen LogP contribution in [0.5, 0.6) is 0 Å². The van der Waals surface area contributed by atoms with E-state index in [1.807, 2.05) is 0 Å². The van der Waals surface area contributed by atoms with Gasteiger partial charge in [-0.3, -0.25) is 4.79 Å². The molecule has 17 heavy (non-hydrogen) atoms. The van der Waals surface area contributed by atoms with Crippen molar-refractivity contribution in [2.75, 3.05) is 20.3 Å². The summed E-state index contributed by atoms with van der Waals surface area (Å²) in [6.45, 7) is 2.38. The first-order valence-electron chi connectivity index (χ1n) is 4.76. The first kappa shape index (κ1) is 14.1. The van der Waals surface area contributed by atoms with Crippen LogP contribution in [0.25, 0.3) is 0 Å². The largest absolute Gasteiger partial charge is 0.383 e. The summed E-state index contributed by atoms with van der Waals surface area (Å²) in [5.41, 5.74) is 0. The van der Waals surface area contributed by atoms with Crippen LogP contribution < -0.4 is 10.5 Å². The maximum atomic E-state index is 11.6. The van der Waals surface area contributed by atoms with Gasteiger partial charge < -0.3 is 10.1 Å². The van der Waals surface area contributed by atoms with Crippen molar-refractivity contribution in [3.63, 3.8) is 0 Å². The maximum absolute atomic E-state index is 11.6. The van der Waals surface area contributed by atoms with Crippen LogP contribution in [0.3, 0.4) is 0 Å². The molecule has 1 aromatic heterocycles. The van der Waals surface area contributed by atoms with Crippen molar-refractivity contribution in [1.82, 2.24) is 5.32 Å². The molecule has 1 heterocycles. The van der Waals surface area contributed by atoms with Crippen LogP contribution in [-0.4, -0.2) is 34.6 Å². The molecule has 0 radical (unpaired) electrons. The third-order valence-electron chi connectivity index (χ3n) is 1.99.